The molecule has 1 aromatic heterocycles. The van der Waals surface area contributed by atoms with Crippen molar-refractivity contribution < 1.29 is 0 Å². The van der Waals surface area contributed by atoms with Crippen LogP contribution in [0.15, 0.2) is 10.8 Å². The van der Waals surface area contributed by atoms with Gasteiger partial charge in [-0.3, -0.25) is 4.90 Å². The van der Waals surface area contributed by atoms with E-state index in [2.05, 4.69) is 41.7 Å². The van der Waals surface area contributed by atoms with E-state index in [0.29, 0.717) is 6.04 Å². The number of nitrogens with one attached hydrogen (secondary N) is 1. The highest BCUT2D eigenvalue weighted by molar-refractivity contribution is 7.08. The van der Waals surface area contributed by atoms with E-state index in [4.69, 9.17) is 0 Å². The summed E-state index contributed by atoms with van der Waals surface area (Å²) in [7, 11) is 0. The highest BCUT2D eigenvalue weighted by atomic mass is 32.1. The summed E-state index contributed by atoms with van der Waals surface area (Å²) in [4.78, 5) is 2.58. The molecule has 0 saturated carbocycles. The van der Waals surface area contributed by atoms with E-state index in [1.807, 2.05) is 11.3 Å². The number of rotatable bonds is 3. The molecule has 1 saturated heterocycles. The maximum Gasteiger partial charge on any atom is 0.0245 e. The quantitative estimate of drug-likeness (QED) is 0.870. The molecule has 1 aromatic rings. The van der Waals surface area contributed by atoms with Gasteiger partial charge in [0, 0.05) is 32.2 Å². The van der Waals surface area contributed by atoms with Crippen LogP contribution in [-0.2, 0) is 6.54 Å². The van der Waals surface area contributed by atoms with Gasteiger partial charge in [-0.25, -0.2) is 0 Å². The molecule has 0 radical (unpaired) electrons. The van der Waals surface area contributed by atoms with Crippen molar-refractivity contribution in [3.63, 3.8) is 0 Å². The summed E-state index contributed by atoms with van der Waals surface area (Å²) in [6, 6.07) is 0.660. The van der Waals surface area contributed by atoms with Gasteiger partial charge >= 0.3 is 0 Å². The lowest BCUT2D eigenvalue weighted by Crippen LogP contribution is -2.52. The normalized spacial score (nSPS) is 22.9. The van der Waals surface area contributed by atoms with Gasteiger partial charge in [0.15, 0.2) is 0 Å². The van der Waals surface area contributed by atoms with Crippen LogP contribution in [0.3, 0.4) is 0 Å². The fourth-order valence-electron chi connectivity index (χ4n) is 2.22. The van der Waals surface area contributed by atoms with E-state index >= 15 is 0 Å². The van der Waals surface area contributed by atoms with Crippen LogP contribution in [0.1, 0.15) is 25.0 Å². The van der Waals surface area contributed by atoms with Crippen molar-refractivity contribution in [2.75, 3.05) is 19.6 Å². The SMILES string of the molecule is Cc1cscc1CN1CCNC(C(C)C)C1. The topological polar surface area (TPSA) is 15.3 Å². The second-order valence-electron chi connectivity index (χ2n) is 5.12. The highest BCUT2D eigenvalue weighted by Crippen LogP contribution is 2.17. The van der Waals surface area contributed by atoms with Crippen molar-refractivity contribution in [3.8, 4) is 0 Å². The van der Waals surface area contributed by atoms with Gasteiger partial charge in [-0.05, 0) is 34.7 Å². The summed E-state index contributed by atoms with van der Waals surface area (Å²) >= 11 is 1.82. The molecule has 0 aromatic carbocycles. The Labute approximate surface area is 103 Å². The lowest BCUT2D eigenvalue weighted by Gasteiger charge is -2.35. The molecule has 0 aliphatic carbocycles. The lowest BCUT2D eigenvalue weighted by atomic mass is 10.0. The average Bonchev–Trinajstić information content (AvgIpc) is 2.65. The molecule has 90 valence electrons. The van der Waals surface area contributed by atoms with Gasteiger partial charge in [-0.2, -0.15) is 11.3 Å². The van der Waals surface area contributed by atoms with E-state index in [1.165, 1.54) is 24.2 Å². The van der Waals surface area contributed by atoms with Crippen molar-refractivity contribution in [2.24, 2.45) is 5.92 Å². The zero-order valence-corrected chi connectivity index (χ0v) is 11.3. The molecule has 1 N–H and O–H groups in total. The molecule has 3 heteroatoms. The largest absolute Gasteiger partial charge is 0.311 e. The lowest BCUT2D eigenvalue weighted by molar-refractivity contribution is 0.168. The van der Waals surface area contributed by atoms with Crippen LogP contribution in [0.2, 0.25) is 0 Å². The van der Waals surface area contributed by atoms with Crippen LogP contribution in [0.5, 0.6) is 0 Å². The van der Waals surface area contributed by atoms with Gasteiger partial charge in [0.2, 0.25) is 0 Å². The number of aryl methyl sites for hydroxylation is 1. The number of piperazine rings is 1. The minimum atomic E-state index is 0.660. The molecule has 2 nitrogen and oxygen atoms in total. The summed E-state index contributed by atoms with van der Waals surface area (Å²) < 4.78 is 0. The summed E-state index contributed by atoms with van der Waals surface area (Å²) in [6.45, 7) is 11.4. The van der Waals surface area contributed by atoms with Crippen LogP contribution in [0, 0.1) is 12.8 Å². The van der Waals surface area contributed by atoms with Crippen molar-refractivity contribution >= 4 is 11.3 Å². The third-order valence-electron chi connectivity index (χ3n) is 3.45. The summed E-state index contributed by atoms with van der Waals surface area (Å²) in [5.74, 6) is 0.728. The molecule has 1 atom stereocenters. The first-order chi connectivity index (χ1) is 7.66. The highest BCUT2D eigenvalue weighted by Gasteiger charge is 2.21. The summed E-state index contributed by atoms with van der Waals surface area (Å²) in [6.07, 6.45) is 0. The minimum Gasteiger partial charge on any atom is -0.311 e. The van der Waals surface area contributed by atoms with Gasteiger partial charge in [-0.15, -0.1) is 0 Å². The van der Waals surface area contributed by atoms with Crippen molar-refractivity contribution in [2.45, 2.75) is 33.4 Å². The predicted molar refractivity (Wildman–Crippen MR) is 71.0 cm³/mol. The van der Waals surface area contributed by atoms with Gasteiger partial charge in [0.1, 0.15) is 0 Å². The maximum atomic E-state index is 3.60. The second kappa shape index (κ2) is 5.30. The van der Waals surface area contributed by atoms with Crippen LogP contribution in [-0.4, -0.2) is 30.6 Å². The van der Waals surface area contributed by atoms with Crippen LogP contribution in [0.25, 0.3) is 0 Å². The van der Waals surface area contributed by atoms with Gasteiger partial charge in [-0.1, -0.05) is 13.8 Å². The zero-order valence-electron chi connectivity index (χ0n) is 10.5. The average molecular weight is 238 g/mol. The first-order valence-electron chi connectivity index (χ1n) is 6.14. The van der Waals surface area contributed by atoms with Gasteiger partial charge in [0.25, 0.3) is 0 Å². The fraction of sp³-hybridized carbons (Fsp3) is 0.692. The first kappa shape index (κ1) is 12.1. The van der Waals surface area contributed by atoms with E-state index < -0.39 is 0 Å². The Kier molecular flexibility index (Phi) is 4.00. The minimum absolute atomic E-state index is 0.660. The third kappa shape index (κ3) is 2.84. The monoisotopic (exact) mass is 238 g/mol. The fourth-order valence-corrected chi connectivity index (χ4v) is 3.07. The number of hydrogen-bond acceptors (Lipinski definition) is 3. The summed E-state index contributed by atoms with van der Waals surface area (Å²) in [5, 5.41) is 8.14. The van der Waals surface area contributed by atoms with E-state index in [1.54, 1.807) is 0 Å². The van der Waals surface area contributed by atoms with Crippen molar-refractivity contribution in [1.29, 1.82) is 0 Å². The van der Waals surface area contributed by atoms with E-state index in [0.717, 1.165) is 19.0 Å². The molecule has 1 aliphatic heterocycles. The Balaban J connectivity index is 1.93. The number of thiophene rings is 1. The van der Waals surface area contributed by atoms with Gasteiger partial charge in [0.05, 0.1) is 0 Å². The standard InChI is InChI=1S/C13H22N2S/c1-10(2)13-7-15(5-4-14-13)6-12-9-16-8-11(12)3/h8-10,13-14H,4-7H2,1-3H3. The van der Waals surface area contributed by atoms with Crippen LogP contribution < -0.4 is 5.32 Å². The van der Waals surface area contributed by atoms with Crippen molar-refractivity contribution in [1.82, 2.24) is 10.2 Å². The molecule has 16 heavy (non-hydrogen) atoms. The van der Waals surface area contributed by atoms with Crippen molar-refractivity contribution in [3.05, 3.63) is 21.9 Å². The number of nitrogens with zero attached hydrogens (tertiary/aromatic N) is 1. The first-order valence-corrected chi connectivity index (χ1v) is 7.08. The Bertz CT molecular complexity index is 332. The molecular formula is C13H22N2S. The van der Waals surface area contributed by atoms with E-state index in [9.17, 15) is 0 Å². The predicted octanol–water partition coefficient (Wildman–Crippen LogP) is 2.49. The maximum absolute atomic E-state index is 3.60. The molecule has 1 fully saturated rings. The zero-order chi connectivity index (χ0) is 11.5. The molecule has 0 spiro atoms. The Morgan fingerprint density at radius 2 is 2.31 bits per heavy atom. The number of hydrogen-bond donors (Lipinski definition) is 1. The molecule has 1 unspecified atom stereocenters. The van der Waals surface area contributed by atoms with E-state index in [-0.39, 0.29) is 0 Å². The molecule has 2 rings (SSSR count). The Morgan fingerprint density at radius 1 is 1.50 bits per heavy atom. The molecule has 0 amide bonds. The molecular weight excluding hydrogens is 216 g/mol. The second-order valence-corrected chi connectivity index (χ2v) is 5.86. The Morgan fingerprint density at radius 3 is 2.94 bits per heavy atom. The molecule has 1 aliphatic rings. The van der Waals surface area contributed by atoms with Gasteiger partial charge < -0.3 is 5.32 Å². The summed E-state index contributed by atoms with van der Waals surface area (Å²) in [5.41, 5.74) is 2.96. The van der Waals surface area contributed by atoms with Crippen LogP contribution >= 0.6 is 11.3 Å². The molecule has 0 bridgehead atoms. The van der Waals surface area contributed by atoms with Crippen LogP contribution in [0.4, 0.5) is 0 Å². The molecule has 2 heterocycles. The smallest absolute Gasteiger partial charge is 0.0245 e. The Hall–Kier alpha value is -0.380. The third-order valence-corrected chi connectivity index (χ3v) is 4.36.